The average molecular weight is 245 g/mol. The number of aromatic nitrogens is 4. The van der Waals surface area contributed by atoms with Gasteiger partial charge < -0.3 is 5.73 Å². The highest BCUT2D eigenvalue weighted by atomic mass is 15.1. The summed E-state index contributed by atoms with van der Waals surface area (Å²) in [4.78, 5) is 13.3. The van der Waals surface area contributed by atoms with Gasteiger partial charge in [-0.2, -0.15) is 0 Å². The fourth-order valence-corrected chi connectivity index (χ4v) is 1.82. The van der Waals surface area contributed by atoms with Crippen LogP contribution in [0, 0.1) is 6.92 Å². The molecule has 2 aromatic rings. The molecule has 96 valence electrons. The molecule has 2 heterocycles. The quantitative estimate of drug-likeness (QED) is 0.900. The molecule has 0 aliphatic carbocycles. The molecule has 0 fully saturated rings. The number of nitrogen functional groups attached to an aromatic ring is 1. The summed E-state index contributed by atoms with van der Waals surface area (Å²) in [6.45, 7) is 8.13. The van der Waals surface area contributed by atoms with Gasteiger partial charge in [0.2, 0.25) is 0 Å². The third-order valence-corrected chi connectivity index (χ3v) is 2.95. The fourth-order valence-electron chi connectivity index (χ4n) is 1.82. The maximum atomic E-state index is 5.97. The molecule has 5 nitrogen and oxygen atoms in total. The van der Waals surface area contributed by atoms with E-state index >= 15 is 0 Å². The van der Waals surface area contributed by atoms with E-state index in [0.29, 0.717) is 5.82 Å². The van der Waals surface area contributed by atoms with Crippen LogP contribution in [0.4, 0.5) is 5.82 Å². The lowest BCUT2D eigenvalue weighted by atomic mass is 10.2. The topological polar surface area (TPSA) is 69.6 Å². The van der Waals surface area contributed by atoms with Crippen molar-refractivity contribution in [3.63, 3.8) is 0 Å². The predicted octanol–water partition coefficient (Wildman–Crippen LogP) is 2.24. The van der Waals surface area contributed by atoms with Gasteiger partial charge in [0.15, 0.2) is 0 Å². The Morgan fingerprint density at radius 2 is 2.06 bits per heavy atom. The van der Waals surface area contributed by atoms with Crippen LogP contribution in [0.25, 0.3) is 5.82 Å². The lowest BCUT2D eigenvalue weighted by molar-refractivity contribution is 0.752. The second-order valence-corrected chi connectivity index (χ2v) is 4.64. The number of hydrogen-bond donors (Lipinski definition) is 1. The van der Waals surface area contributed by atoms with Crippen LogP contribution in [-0.4, -0.2) is 19.5 Å². The van der Waals surface area contributed by atoms with Crippen LogP contribution >= 0.6 is 0 Å². The number of hydrogen-bond acceptors (Lipinski definition) is 4. The molecule has 0 atom stereocenters. The standard InChI is InChI=1S/C13H19N5/c1-5-10-15-6-7-18(10)13-9(4)11(14)16-12(17-13)8(2)3/h6-8H,5H2,1-4H3,(H2,14,16,17). The van der Waals surface area contributed by atoms with Gasteiger partial charge in [-0.15, -0.1) is 0 Å². The van der Waals surface area contributed by atoms with E-state index in [1.54, 1.807) is 6.20 Å². The third kappa shape index (κ3) is 2.08. The first kappa shape index (κ1) is 12.5. The number of aryl methyl sites for hydroxylation is 1. The Morgan fingerprint density at radius 3 is 2.67 bits per heavy atom. The molecule has 2 N–H and O–H groups in total. The van der Waals surface area contributed by atoms with Crippen molar-refractivity contribution >= 4 is 5.82 Å². The normalized spacial score (nSPS) is 11.2. The van der Waals surface area contributed by atoms with E-state index in [9.17, 15) is 0 Å². The highest BCUT2D eigenvalue weighted by Gasteiger charge is 2.14. The predicted molar refractivity (Wildman–Crippen MR) is 71.8 cm³/mol. The molecule has 2 rings (SSSR count). The van der Waals surface area contributed by atoms with Crippen LogP contribution in [0.15, 0.2) is 12.4 Å². The molecule has 0 unspecified atom stereocenters. The van der Waals surface area contributed by atoms with Gasteiger partial charge in [0.25, 0.3) is 0 Å². The Bertz CT molecular complexity index is 557. The molecule has 0 aliphatic heterocycles. The Balaban J connectivity index is 2.63. The van der Waals surface area contributed by atoms with Crippen molar-refractivity contribution in [1.29, 1.82) is 0 Å². The van der Waals surface area contributed by atoms with E-state index in [-0.39, 0.29) is 5.92 Å². The summed E-state index contributed by atoms with van der Waals surface area (Å²) in [5, 5.41) is 0. The Hall–Kier alpha value is -1.91. The minimum atomic E-state index is 0.250. The van der Waals surface area contributed by atoms with Crippen LogP contribution in [0.5, 0.6) is 0 Å². The number of imidazole rings is 1. The molecular weight excluding hydrogens is 226 g/mol. The molecule has 0 amide bonds. The zero-order valence-corrected chi connectivity index (χ0v) is 11.3. The maximum absolute atomic E-state index is 5.97. The largest absolute Gasteiger partial charge is 0.383 e. The lowest BCUT2D eigenvalue weighted by Crippen LogP contribution is -2.11. The van der Waals surface area contributed by atoms with Crippen LogP contribution in [0.2, 0.25) is 0 Å². The van der Waals surface area contributed by atoms with Crippen molar-refractivity contribution in [2.24, 2.45) is 0 Å². The molecular formula is C13H19N5. The molecule has 0 saturated heterocycles. The Kier molecular flexibility index (Phi) is 3.32. The zero-order chi connectivity index (χ0) is 13.3. The second kappa shape index (κ2) is 4.76. The van der Waals surface area contributed by atoms with Crippen LogP contribution in [0.3, 0.4) is 0 Å². The van der Waals surface area contributed by atoms with Crippen molar-refractivity contribution in [3.05, 3.63) is 29.6 Å². The molecule has 0 spiro atoms. The third-order valence-electron chi connectivity index (χ3n) is 2.95. The molecule has 2 aromatic heterocycles. The monoisotopic (exact) mass is 245 g/mol. The average Bonchev–Trinajstić information content (AvgIpc) is 2.80. The van der Waals surface area contributed by atoms with Crippen LogP contribution < -0.4 is 5.73 Å². The van der Waals surface area contributed by atoms with Crippen molar-refractivity contribution in [2.45, 2.75) is 40.0 Å². The highest BCUT2D eigenvalue weighted by Crippen LogP contribution is 2.21. The molecule has 5 heteroatoms. The number of nitrogens with zero attached hydrogens (tertiary/aromatic N) is 4. The van der Waals surface area contributed by atoms with Gasteiger partial charge in [0.05, 0.1) is 0 Å². The van der Waals surface area contributed by atoms with Crippen molar-refractivity contribution in [2.75, 3.05) is 5.73 Å². The van der Waals surface area contributed by atoms with Crippen molar-refractivity contribution < 1.29 is 0 Å². The van der Waals surface area contributed by atoms with Gasteiger partial charge >= 0.3 is 0 Å². The number of rotatable bonds is 3. The number of nitrogens with two attached hydrogens (primary N) is 1. The van der Waals surface area contributed by atoms with Gasteiger partial charge in [0, 0.05) is 30.3 Å². The van der Waals surface area contributed by atoms with Crippen LogP contribution in [0.1, 0.15) is 43.9 Å². The highest BCUT2D eigenvalue weighted by molar-refractivity contribution is 5.49. The zero-order valence-electron chi connectivity index (χ0n) is 11.3. The molecule has 0 aromatic carbocycles. The summed E-state index contributed by atoms with van der Waals surface area (Å²) in [5.41, 5.74) is 6.87. The van der Waals surface area contributed by atoms with E-state index in [4.69, 9.17) is 5.73 Å². The minimum Gasteiger partial charge on any atom is -0.383 e. The summed E-state index contributed by atoms with van der Waals surface area (Å²) in [6, 6.07) is 0. The Labute approximate surface area is 107 Å². The second-order valence-electron chi connectivity index (χ2n) is 4.64. The molecule has 0 aliphatic rings. The summed E-state index contributed by atoms with van der Waals surface area (Å²) < 4.78 is 1.99. The SMILES string of the molecule is CCc1nccn1-c1nc(C(C)C)nc(N)c1C. The smallest absolute Gasteiger partial charge is 0.146 e. The molecule has 0 saturated carbocycles. The van der Waals surface area contributed by atoms with Crippen molar-refractivity contribution in [3.8, 4) is 5.82 Å². The van der Waals surface area contributed by atoms with E-state index in [1.807, 2.05) is 17.7 Å². The van der Waals surface area contributed by atoms with E-state index in [2.05, 4.69) is 35.7 Å². The first-order valence-corrected chi connectivity index (χ1v) is 6.21. The molecule has 0 radical (unpaired) electrons. The molecule has 18 heavy (non-hydrogen) atoms. The van der Waals surface area contributed by atoms with Crippen LogP contribution in [-0.2, 0) is 6.42 Å². The number of anilines is 1. The van der Waals surface area contributed by atoms with E-state index in [1.165, 1.54) is 0 Å². The van der Waals surface area contributed by atoms with Gasteiger partial charge in [-0.25, -0.2) is 15.0 Å². The minimum absolute atomic E-state index is 0.250. The summed E-state index contributed by atoms with van der Waals surface area (Å²) in [7, 11) is 0. The Morgan fingerprint density at radius 1 is 1.33 bits per heavy atom. The van der Waals surface area contributed by atoms with Crippen molar-refractivity contribution in [1.82, 2.24) is 19.5 Å². The van der Waals surface area contributed by atoms with Gasteiger partial charge in [-0.1, -0.05) is 20.8 Å². The van der Waals surface area contributed by atoms with Gasteiger partial charge in [-0.05, 0) is 6.92 Å². The van der Waals surface area contributed by atoms with Gasteiger partial charge in [-0.3, -0.25) is 4.57 Å². The lowest BCUT2D eigenvalue weighted by Gasteiger charge is -2.13. The first-order valence-electron chi connectivity index (χ1n) is 6.21. The summed E-state index contributed by atoms with van der Waals surface area (Å²) >= 11 is 0. The molecule has 0 bridgehead atoms. The summed E-state index contributed by atoms with van der Waals surface area (Å²) in [6.07, 6.45) is 4.55. The fraction of sp³-hybridized carbons (Fsp3) is 0.462. The first-order chi connectivity index (χ1) is 8.54. The van der Waals surface area contributed by atoms with E-state index in [0.717, 1.165) is 29.5 Å². The van der Waals surface area contributed by atoms with E-state index < -0.39 is 0 Å². The van der Waals surface area contributed by atoms with Gasteiger partial charge in [0.1, 0.15) is 23.3 Å². The maximum Gasteiger partial charge on any atom is 0.146 e. The summed E-state index contributed by atoms with van der Waals surface area (Å²) in [5.74, 6) is 3.37.